The molecule has 16 heavy (non-hydrogen) atoms. The zero-order chi connectivity index (χ0) is 12.1. The molecular weight excluding hydrogens is 275 g/mol. The minimum absolute atomic E-state index is 0.117. The second-order valence-corrected chi connectivity index (χ2v) is 4.05. The molecular formula is C12H14BrFO2. The molecule has 88 valence electrons. The molecule has 0 N–H and O–H groups in total. The number of carbonyl (C=O) groups is 1. The highest BCUT2D eigenvalue weighted by Crippen LogP contribution is 2.19. The number of hydrogen-bond donors (Lipinski definition) is 0. The molecule has 1 rings (SSSR count). The van der Waals surface area contributed by atoms with E-state index in [4.69, 9.17) is 4.74 Å². The minimum Gasteiger partial charge on any atom is -0.466 e. The van der Waals surface area contributed by atoms with Crippen LogP contribution in [0.2, 0.25) is 0 Å². The van der Waals surface area contributed by atoms with Crippen LogP contribution < -0.4 is 0 Å². The maximum atomic E-state index is 13.4. The van der Waals surface area contributed by atoms with Gasteiger partial charge in [0.05, 0.1) is 13.0 Å². The van der Waals surface area contributed by atoms with Crippen LogP contribution in [0.3, 0.4) is 0 Å². The molecule has 0 aromatic heterocycles. The molecule has 0 aliphatic rings. The molecule has 0 unspecified atom stereocenters. The number of halogens is 2. The Kier molecular flexibility index (Phi) is 4.93. The Morgan fingerprint density at radius 2 is 2.12 bits per heavy atom. The predicted molar refractivity (Wildman–Crippen MR) is 64.1 cm³/mol. The first kappa shape index (κ1) is 13.2. The maximum absolute atomic E-state index is 13.4. The molecule has 0 fully saturated rings. The summed E-state index contributed by atoms with van der Waals surface area (Å²) >= 11 is 3.32. The highest BCUT2D eigenvalue weighted by atomic mass is 79.9. The zero-order valence-corrected chi connectivity index (χ0v) is 10.9. The average molecular weight is 289 g/mol. The smallest absolute Gasteiger partial charge is 0.310 e. The van der Waals surface area contributed by atoms with E-state index in [1.807, 2.05) is 0 Å². The number of alkyl halides is 1. The van der Waals surface area contributed by atoms with E-state index >= 15 is 0 Å². The van der Waals surface area contributed by atoms with Crippen molar-refractivity contribution in [2.24, 2.45) is 0 Å². The van der Waals surface area contributed by atoms with Gasteiger partial charge in [-0.05, 0) is 36.6 Å². The van der Waals surface area contributed by atoms with Crippen molar-refractivity contribution in [2.45, 2.75) is 25.6 Å². The Balaban J connectivity index is 2.94. The number of benzene rings is 1. The highest BCUT2D eigenvalue weighted by molar-refractivity contribution is 9.08. The lowest BCUT2D eigenvalue weighted by Crippen LogP contribution is -2.09. The van der Waals surface area contributed by atoms with Gasteiger partial charge in [-0.2, -0.15) is 0 Å². The maximum Gasteiger partial charge on any atom is 0.310 e. The molecule has 0 atom stereocenters. The minimum atomic E-state index is -0.326. The van der Waals surface area contributed by atoms with Crippen LogP contribution in [0.5, 0.6) is 0 Å². The Morgan fingerprint density at radius 3 is 2.69 bits per heavy atom. The van der Waals surface area contributed by atoms with Crippen LogP contribution in [-0.2, 0) is 21.3 Å². The fraction of sp³-hybridized carbons (Fsp3) is 0.417. The largest absolute Gasteiger partial charge is 0.466 e. The van der Waals surface area contributed by atoms with Crippen LogP contribution in [0.25, 0.3) is 0 Å². The van der Waals surface area contributed by atoms with Gasteiger partial charge in [0.2, 0.25) is 0 Å². The van der Waals surface area contributed by atoms with Gasteiger partial charge in [-0.3, -0.25) is 4.79 Å². The van der Waals surface area contributed by atoms with E-state index in [0.717, 1.165) is 5.56 Å². The SMILES string of the molecule is CCOC(=O)Cc1cc(F)c(C)cc1CBr. The zero-order valence-electron chi connectivity index (χ0n) is 9.35. The third-order valence-electron chi connectivity index (χ3n) is 2.26. The number of carbonyl (C=O) groups excluding carboxylic acids is 1. The van der Waals surface area contributed by atoms with Crippen molar-refractivity contribution in [2.75, 3.05) is 6.61 Å². The third-order valence-corrected chi connectivity index (χ3v) is 2.87. The van der Waals surface area contributed by atoms with Gasteiger partial charge in [0.25, 0.3) is 0 Å². The lowest BCUT2D eigenvalue weighted by Gasteiger charge is -2.09. The monoisotopic (exact) mass is 288 g/mol. The van der Waals surface area contributed by atoms with Gasteiger partial charge in [0.15, 0.2) is 0 Å². The van der Waals surface area contributed by atoms with E-state index in [-0.39, 0.29) is 18.2 Å². The molecule has 1 aromatic rings. The Labute approximate surface area is 103 Å². The van der Waals surface area contributed by atoms with E-state index in [2.05, 4.69) is 15.9 Å². The molecule has 1 aromatic carbocycles. The lowest BCUT2D eigenvalue weighted by molar-refractivity contribution is -0.142. The molecule has 2 nitrogen and oxygen atoms in total. The number of rotatable bonds is 4. The summed E-state index contributed by atoms with van der Waals surface area (Å²) in [4.78, 5) is 11.3. The van der Waals surface area contributed by atoms with E-state index in [9.17, 15) is 9.18 Å². The van der Waals surface area contributed by atoms with Crippen molar-refractivity contribution >= 4 is 21.9 Å². The van der Waals surface area contributed by atoms with Gasteiger partial charge in [-0.1, -0.05) is 22.0 Å². The van der Waals surface area contributed by atoms with Crippen molar-refractivity contribution in [3.8, 4) is 0 Å². The average Bonchev–Trinajstić information content (AvgIpc) is 2.23. The summed E-state index contributed by atoms with van der Waals surface area (Å²) in [6.45, 7) is 3.80. The summed E-state index contributed by atoms with van der Waals surface area (Å²) in [5, 5.41) is 0.600. The first-order chi connectivity index (χ1) is 7.58. The van der Waals surface area contributed by atoms with Gasteiger partial charge in [-0.15, -0.1) is 0 Å². The van der Waals surface area contributed by atoms with Gasteiger partial charge >= 0.3 is 5.97 Å². The van der Waals surface area contributed by atoms with Gasteiger partial charge in [0.1, 0.15) is 5.82 Å². The van der Waals surface area contributed by atoms with Crippen LogP contribution in [0.1, 0.15) is 23.6 Å². The molecule has 0 bridgehead atoms. The van der Waals surface area contributed by atoms with Crippen LogP contribution in [0.4, 0.5) is 4.39 Å². The molecule has 0 radical (unpaired) electrons. The van der Waals surface area contributed by atoms with Crippen LogP contribution >= 0.6 is 15.9 Å². The predicted octanol–water partition coefficient (Wildman–Crippen LogP) is 3.13. The van der Waals surface area contributed by atoms with Crippen molar-refractivity contribution in [3.05, 3.63) is 34.6 Å². The summed E-state index contributed by atoms with van der Waals surface area (Å²) in [5.74, 6) is -0.614. The summed E-state index contributed by atoms with van der Waals surface area (Å²) in [5.41, 5.74) is 2.19. The fourth-order valence-corrected chi connectivity index (χ4v) is 1.96. The fourth-order valence-electron chi connectivity index (χ4n) is 1.44. The number of aryl methyl sites for hydroxylation is 1. The topological polar surface area (TPSA) is 26.3 Å². The molecule has 0 aliphatic carbocycles. The first-order valence-corrected chi connectivity index (χ1v) is 6.20. The third kappa shape index (κ3) is 3.30. The van der Waals surface area contributed by atoms with Crippen LogP contribution in [-0.4, -0.2) is 12.6 Å². The molecule has 0 heterocycles. The standard InChI is InChI=1S/C12H14BrFO2/c1-3-16-12(15)6-9-5-11(14)8(2)4-10(9)7-13/h4-5H,3,6-7H2,1-2H3. The van der Waals surface area contributed by atoms with E-state index in [0.29, 0.717) is 23.1 Å². The summed E-state index contributed by atoms with van der Waals surface area (Å²) in [6, 6.07) is 3.15. The van der Waals surface area contributed by atoms with Crippen molar-refractivity contribution in [1.29, 1.82) is 0 Å². The number of esters is 1. The lowest BCUT2D eigenvalue weighted by atomic mass is 10.0. The van der Waals surface area contributed by atoms with E-state index < -0.39 is 0 Å². The van der Waals surface area contributed by atoms with Gasteiger partial charge in [0, 0.05) is 5.33 Å². The quantitative estimate of drug-likeness (QED) is 0.629. The van der Waals surface area contributed by atoms with Crippen LogP contribution in [0.15, 0.2) is 12.1 Å². The van der Waals surface area contributed by atoms with Crippen LogP contribution in [0, 0.1) is 12.7 Å². The number of hydrogen-bond acceptors (Lipinski definition) is 2. The van der Waals surface area contributed by atoms with E-state index in [1.54, 1.807) is 19.9 Å². The molecule has 0 amide bonds. The van der Waals surface area contributed by atoms with Crippen molar-refractivity contribution < 1.29 is 13.9 Å². The molecule has 0 saturated carbocycles. The summed E-state index contributed by atoms with van der Waals surface area (Å²) < 4.78 is 18.2. The number of ether oxygens (including phenoxy) is 1. The van der Waals surface area contributed by atoms with Crippen molar-refractivity contribution in [1.82, 2.24) is 0 Å². The van der Waals surface area contributed by atoms with Gasteiger partial charge < -0.3 is 4.74 Å². The Bertz CT molecular complexity index is 391. The molecule has 0 aliphatic heterocycles. The Hall–Kier alpha value is -0.900. The molecule has 0 saturated heterocycles. The second kappa shape index (κ2) is 5.99. The molecule has 0 spiro atoms. The van der Waals surface area contributed by atoms with E-state index in [1.165, 1.54) is 6.07 Å². The summed E-state index contributed by atoms with van der Waals surface area (Å²) in [7, 11) is 0. The second-order valence-electron chi connectivity index (χ2n) is 3.49. The van der Waals surface area contributed by atoms with Crippen molar-refractivity contribution in [3.63, 3.8) is 0 Å². The first-order valence-electron chi connectivity index (χ1n) is 5.08. The highest BCUT2D eigenvalue weighted by Gasteiger charge is 2.11. The normalized spacial score (nSPS) is 10.2. The van der Waals surface area contributed by atoms with Gasteiger partial charge in [-0.25, -0.2) is 4.39 Å². The molecule has 4 heteroatoms. The summed E-state index contributed by atoms with van der Waals surface area (Å²) in [6.07, 6.45) is 0.117. The Morgan fingerprint density at radius 1 is 1.44 bits per heavy atom.